The third-order valence-corrected chi connectivity index (χ3v) is 3.63. The van der Waals surface area contributed by atoms with Gasteiger partial charge in [0.15, 0.2) is 0 Å². The van der Waals surface area contributed by atoms with E-state index in [1.54, 1.807) is 12.3 Å². The number of nitrogens with one attached hydrogen (secondary N) is 3. The fourth-order valence-corrected chi connectivity index (χ4v) is 2.39. The minimum atomic E-state index is -0.229. The minimum Gasteiger partial charge on any atom is -0.467 e. The van der Waals surface area contributed by atoms with E-state index in [1.807, 2.05) is 49.4 Å². The predicted octanol–water partition coefficient (Wildman–Crippen LogP) is 3.30. The first-order valence-electron chi connectivity index (χ1n) is 7.90. The molecule has 0 bridgehead atoms. The molecule has 2 amide bonds. The minimum absolute atomic E-state index is 0.171. The first-order chi connectivity index (χ1) is 11.7. The smallest absolute Gasteiger partial charge is 0.315 e. The molecule has 24 heavy (non-hydrogen) atoms. The number of pyridine rings is 1. The van der Waals surface area contributed by atoms with Gasteiger partial charge in [-0.2, -0.15) is 0 Å². The van der Waals surface area contributed by atoms with Crippen LogP contribution in [0.5, 0.6) is 0 Å². The van der Waals surface area contributed by atoms with Crippen molar-refractivity contribution in [3.05, 3.63) is 60.6 Å². The number of hydrogen-bond acceptors (Lipinski definition) is 4. The van der Waals surface area contributed by atoms with Gasteiger partial charge in [0, 0.05) is 18.5 Å². The highest BCUT2D eigenvalue weighted by Gasteiger charge is 2.10. The molecule has 3 aromatic rings. The Morgan fingerprint density at radius 2 is 2.00 bits per heavy atom. The van der Waals surface area contributed by atoms with E-state index in [4.69, 9.17) is 4.42 Å². The molecule has 124 valence electrons. The summed E-state index contributed by atoms with van der Waals surface area (Å²) in [6.45, 7) is 2.95. The van der Waals surface area contributed by atoms with Crippen molar-refractivity contribution in [2.45, 2.75) is 13.0 Å². The Labute approximate surface area is 140 Å². The normalized spacial score (nSPS) is 11.9. The summed E-state index contributed by atoms with van der Waals surface area (Å²) in [5, 5.41) is 9.92. The largest absolute Gasteiger partial charge is 0.467 e. The Hall–Kier alpha value is -3.02. The maximum absolute atomic E-state index is 11.8. The fourth-order valence-electron chi connectivity index (χ4n) is 2.39. The second-order valence-corrected chi connectivity index (χ2v) is 5.45. The van der Waals surface area contributed by atoms with Crippen molar-refractivity contribution in [2.75, 3.05) is 18.4 Å². The molecule has 0 aliphatic rings. The van der Waals surface area contributed by atoms with Crippen molar-refractivity contribution in [3.63, 3.8) is 0 Å². The van der Waals surface area contributed by atoms with Gasteiger partial charge < -0.3 is 20.4 Å². The highest BCUT2D eigenvalue weighted by Crippen LogP contribution is 2.14. The molecule has 0 aliphatic carbocycles. The summed E-state index contributed by atoms with van der Waals surface area (Å²) in [6.07, 6.45) is 1.59. The van der Waals surface area contributed by atoms with E-state index in [1.165, 1.54) is 0 Å². The first kappa shape index (κ1) is 15.9. The van der Waals surface area contributed by atoms with Crippen molar-refractivity contribution < 1.29 is 9.21 Å². The number of carbonyl (C=O) groups excluding carboxylic acids is 1. The quantitative estimate of drug-likeness (QED) is 0.608. The lowest BCUT2D eigenvalue weighted by Gasteiger charge is -2.13. The third kappa shape index (κ3) is 4.04. The zero-order valence-electron chi connectivity index (χ0n) is 13.5. The molecule has 0 saturated heterocycles. The van der Waals surface area contributed by atoms with E-state index in [2.05, 4.69) is 20.9 Å². The van der Waals surface area contributed by atoms with Gasteiger partial charge in [0.25, 0.3) is 0 Å². The van der Waals surface area contributed by atoms with Crippen molar-refractivity contribution in [1.82, 2.24) is 15.6 Å². The number of amides is 2. The van der Waals surface area contributed by atoms with Gasteiger partial charge in [-0.1, -0.05) is 18.2 Å². The van der Waals surface area contributed by atoms with Crippen molar-refractivity contribution >= 4 is 22.8 Å². The zero-order chi connectivity index (χ0) is 16.8. The monoisotopic (exact) mass is 324 g/mol. The molecule has 2 heterocycles. The van der Waals surface area contributed by atoms with Crippen molar-refractivity contribution in [3.8, 4) is 0 Å². The number of carbonyl (C=O) groups is 1. The number of benzene rings is 1. The highest BCUT2D eigenvalue weighted by atomic mass is 16.3. The molecule has 0 fully saturated rings. The van der Waals surface area contributed by atoms with Gasteiger partial charge in [-0.05, 0) is 37.3 Å². The van der Waals surface area contributed by atoms with Crippen LogP contribution in [0.2, 0.25) is 0 Å². The summed E-state index contributed by atoms with van der Waals surface area (Å²) in [5.41, 5.74) is 0.945. The second-order valence-electron chi connectivity index (χ2n) is 5.45. The van der Waals surface area contributed by atoms with E-state index < -0.39 is 0 Å². The molecule has 1 aromatic carbocycles. The molecule has 0 aliphatic heterocycles. The molecule has 3 N–H and O–H groups in total. The number of fused-ring (bicyclic) bond motifs is 1. The third-order valence-electron chi connectivity index (χ3n) is 3.63. The van der Waals surface area contributed by atoms with Gasteiger partial charge in [0.1, 0.15) is 11.6 Å². The van der Waals surface area contributed by atoms with E-state index in [0.29, 0.717) is 13.1 Å². The maximum atomic E-state index is 11.8. The SMILES string of the molecule is CC(NC(=O)NCCNc1ccc2ccccc2n1)c1ccco1. The van der Waals surface area contributed by atoms with Crippen LogP contribution in [0.1, 0.15) is 18.7 Å². The second kappa shape index (κ2) is 7.50. The Balaban J connectivity index is 1.42. The van der Waals surface area contributed by atoms with Crippen molar-refractivity contribution in [2.24, 2.45) is 0 Å². The number of rotatable bonds is 6. The van der Waals surface area contributed by atoms with Gasteiger partial charge in [0.05, 0.1) is 17.8 Å². The van der Waals surface area contributed by atoms with E-state index in [9.17, 15) is 4.79 Å². The van der Waals surface area contributed by atoms with Gasteiger partial charge in [-0.3, -0.25) is 0 Å². The van der Waals surface area contributed by atoms with Crippen LogP contribution in [0.4, 0.5) is 10.6 Å². The summed E-state index contributed by atoms with van der Waals surface area (Å²) in [6, 6.07) is 15.1. The van der Waals surface area contributed by atoms with Gasteiger partial charge in [-0.15, -0.1) is 0 Å². The number of hydrogen-bond donors (Lipinski definition) is 3. The van der Waals surface area contributed by atoms with Gasteiger partial charge in [0.2, 0.25) is 0 Å². The molecule has 0 saturated carbocycles. The average molecular weight is 324 g/mol. The van der Waals surface area contributed by atoms with Crippen LogP contribution in [0.3, 0.4) is 0 Å². The molecule has 3 rings (SSSR count). The molecule has 0 radical (unpaired) electrons. The number of nitrogens with zero attached hydrogens (tertiary/aromatic N) is 1. The zero-order valence-corrected chi connectivity index (χ0v) is 13.5. The number of urea groups is 1. The van der Waals surface area contributed by atoms with Crippen molar-refractivity contribution in [1.29, 1.82) is 0 Å². The summed E-state index contributed by atoms with van der Waals surface area (Å²) < 4.78 is 5.25. The van der Waals surface area contributed by atoms with E-state index >= 15 is 0 Å². The van der Waals surface area contributed by atoms with Crippen LogP contribution in [0.25, 0.3) is 10.9 Å². The van der Waals surface area contributed by atoms with Gasteiger partial charge >= 0.3 is 6.03 Å². The Kier molecular flexibility index (Phi) is 4.96. The number of aromatic nitrogens is 1. The topological polar surface area (TPSA) is 79.2 Å². The number of para-hydroxylation sites is 1. The Bertz CT molecular complexity index is 802. The lowest BCUT2D eigenvalue weighted by atomic mass is 10.2. The highest BCUT2D eigenvalue weighted by molar-refractivity contribution is 5.80. The lowest BCUT2D eigenvalue weighted by Crippen LogP contribution is -2.39. The molecule has 0 spiro atoms. The molecule has 6 nitrogen and oxygen atoms in total. The molecular weight excluding hydrogens is 304 g/mol. The van der Waals surface area contributed by atoms with E-state index in [-0.39, 0.29) is 12.1 Å². The molecule has 1 unspecified atom stereocenters. The molecule has 1 atom stereocenters. The Morgan fingerprint density at radius 3 is 2.83 bits per heavy atom. The summed E-state index contributed by atoms with van der Waals surface area (Å²) in [7, 11) is 0. The van der Waals surface area contributed by atoms with Crippen LogP contribution < -0.4 is 16.0 Å². The number of anilines is 1. The van der Waals surface area contributed by atoms with Crippen LogP contribution in [-0.4, -0.2) is 24.1 Å². The average Bonchev–Trinajstić information content (AvgIpc) is 3.13. The first-order valence-corrected chi connectivity index (χ1v) is 7.90. The molecule has 6 heteroatoms. The fraction of sp³-hybridized carbons (Fsp3) is 0.222. The Morgan fingerprint density at radius 1 is 1.12 bits per heavy atom. The molecule has 2 aromatic heterocycles. The van der Waals surface area contributed by atoms with Crippen LogP contribution in [0.15, 0.2) is 59.2 Å². The summed E-state index contributed by atoms with van der Waals surface area (Å²) in [5.74, 6) is 1.52. The number of furan rings is 1. The predicted molar refractivity (Wildman–Crippen MR) is 93.9 cm³/mol. The summed E-state index contributed by atoms with van der Waals surface area (Å²) >= 11 is 0. The van der Waals surface area contributed by atoms with Crippen LogP contribution in [-0.2, 0) is 0 Å². The van der Waals surface area contributed by atoms with Gasteiger partial charge in [-0.25, -0.2) is 9.78 Å². The summed E-state index contributed by atoms with van der Waals surface area (Å²) in [4.78, 5) is 16.3. The van der Waals surface area contributed by atoms with Crippen LogP contribution in [0, 0.1) is 0 Å². The standard InChI is InChI=1S/C18H20N4O2/c1-13(16-7-4-12-24-16)21-18(23)20-11-10-19-17-9-8-14-5-2-3-6-15(14)22-17/h2-9,12-13H,10-11H2,1H3,(H,19,22)(H2,20,21,23). The lowest BCUT2D eigenvalue weighted by molar-refractivity contribution is 0.236. The molecular formula is C18H20N4O2. The maximum Gasteiger partial charge on any atom is 0.315 e. The van der Waals surface area contributed by atoms with E-state index in [0.717, 1.165) is 22.5 Å². The van der Waals surface area contributed by atoms with Crippen LogP contribution >= 0.6 is 0 Å².